The maximum absolute atomic E-state index is 11.7. The summed E-state index contributed by atoms with van der Waals surface area (Å²) in [5.74, 6) is 0.208. The number of aromatic nitrogens is 2. The molecule has 0 atom stereocenters. The van der Waals surface area contributed by atoms with Gasteiger partial charge in [0.25, 0.3) is 0 Å². The first-order chi connectivity index (χ1) is 8.53. The SMILES string of the molecule is CCOC(=O)C(C)(C)Oc1ccn2ccnc2c1. The zero-order valence-electron chi connectivity index (χ0n) is 10.7. The van der Waals surface area contributed by atoms with Crippen molar-refractivity contribution in [2.24, 2.45) is 0 Å². The second kappa shape index (κ2) is 4.68. The zero-order valence-corrected chi connectivity index (χ0v) is 10.7. The molecule has 0 aromatic carbocycles. The number of nitrogens with zero attached hydrogens (tertiary/aromatic N) is 2. The fourth-order valence-electron chi connectivity index (χ4n) is 1.60. The van der Waals surface area contributed by atoms with Gasteiger partial charge in [0.05, 0.1) is 6.61 Å². The molecule has 0 bridgehead atoms. The third kappa shape index (κ3) is 2.45. The van der Waals surface area contributed by atoms with Crippen molar-refractivity contribution in [1.82, 2.24) is 9.38 Å². The molecule has 2 rings (SSSR count). The van der Waals surface area contributed by atoms with E-state index >= 15 is 0 Å². The van der Waals surface area contributed by atoms with Crippen LogP contribution in [0.25, 0.3) is 5.65 Å². The average molecular weight is 248 g/mol. The van der Waals surface area contributed by atoms with Gasteiger partial charge in [0.1, 0.15) is 11.4 Å². The molecular formula is C13H16N2O3. The number of carbonyl (C=O) groups excluding carboxylic acids is 1. The Hall–Kier alpha value is -2.04. The summed E-state index contributed by atoms with van der Waals surface area (Å²) in [6.45, 7) is 5.47. The summed E-state index contributed by atoms with van der Waals surface area (Å²) in [5, 5.41) is 0. The van der Waals surface area contributed by atoms with Crippen molar-refractivity contribution in [3.05, 3.63) is 30.7 Å². The van der Waals surface area contributed by atoms with Gasteiger partial charge in [0.15, 0.2) is 5.60 Å². The van der Waals surface area contributed by atoms with Gasteiger partial charge in [-0.2, -0.15) is 0 Å². The maximum Gasteiger partial charge on any atom is 0.349 e. The Morgan fingerprint density at radius 3 is 2.94 bits per heavy atom. The predicted octanol–water partition coefficient (Wildman–Crippen LogP) is 2.05. The molecule has 5 nitrogen and oxygen atoms in total. The molecule has 0 aliphatic heterocycles. The fourth-order valence-corrected chi connectivity index (χ4v) is 1.60. The number of hydrogen-bond acceptors (Lipinski definition) is 4. The Kier molecular flexibility index (Phi) is 3.23. The second-order valence-corrected chi connectivity index (χ2v) is 4.39. The van der Waals surface area contributed by atoms with E-state index in [1.807, 2.05) is 16.8 Å². The molecule has 0 aliphatic carbocycles. The van der Waals surface area contributed by atoms with Crippen LogP contribution in [0.5, 0.6) is 5.75 Å². The minimum Gasteiger partial charge on any atom is -0.476 e. The molecule has 96 valence electrons. The van der Waals surface area contributed by atoms with Crippen LogP contribution in [0.15, 0.2) is 30.7 Å². The number of hydrogen-bond donors (Lipinski definition) is 0. The third-order valence-corrected chi connectivity index (χ3v) is 2.51. The molecule has 0 N–H and O–H groups in total. The van der Waals surface area contributed by atoms with E-state index in [1.165, 1.54) is 0 Å². The second-order valence-electron chi connectivity index (χ2n) is 4.39. The quantitative estimate of drug-likeness (QED) is 0.777. The van der Waals surface area contributed by atoms with Crippen LogP contribution in [-0.2, 0) is 9.53 Å². The third-order valence-electron chi connectivity index (χ3n) is 2.51. The van der Waals surface area contributed by atoms with Gasteiger partial charge in [-0.25, -0.2) is 9.78 Å². The molecule has 5 heteroatoms. The van der Waals surface area contributed by atoms with Crippen LogP contribution in [0.2, 0.25) is 0 Å². The van der Waals surface area contributed by atoms with Crippen molar-refractivity contribution in [3.8, 4) is 5.75 Å². The Labute approximate surface area is 105 Å². The molecule has 0 saturated carbocycles. The summed E-state index contributed by atoms with van der Waals surface area (Å²) in [7, 11) is 0. The smallest absolute Gasteiger partial charge is 0.349 e. The van der Waals surface area contributed by atoms with Gasteiger partial charge in [0.2, 0.25) is 0 Å². The van der Waals surface area contributed by atoms with Crippen molar-refractivity contribution >= 4 is 11.6 Å². The van der Waals surface area contributed by atoms with Crippen molar-refractivity contribution in [2.75, 3.05) is 6.61 Å². The van der Waals surface area contributed by atoms with Gasteiger partial charge in [0, 0.05) is 24.7 Å². The van der Waals surface area contributed by atoms with Crippen LogP contribution in [-0.4, -0.2) is 27.6 Å². The Morgan fingerprint density at radius 1 is 1.44 bits per heavy atom. The Morgan fingerprint density at radius 2 is 2.22 bits per heavy atom. The van der Waals surface area contributed by atoms with Gasteiger partial charge >= 0.3 is 5.97 Å². The molecule has 0 unspecified atom stereocenters. The number of carbonyl (C=O) groups is 1. The topological polar surface area (TPSA) is 52.8 Å². The largest absolute Gasteiger partial charge is 0.476 e. The fraction of sp³-hybridized carbons (Fsp3) is 0.385. The molecule has 0 radical (unpaired) electrons. The molecule has 2 aromatic rings. The normalized spacial score (nSPS) is 11.5. The lowest BCUT2D eigenvalue weighted by molar-refractivity contribution is -0.158. The van der Waals surface area contributed by atoms with Crippen molar-refractivity contribution in [2.45, 2.75) is 26.4 Å². The minimum absolute atomic E-state index is 0.338. The summed E-state index contributed by atoms with van der Waals surface area (Å²) in [6, 6.07) is 3.57. The molecule has 18 heavy (non-hydrogen) atoms. The van der Waals surface area contributed by atoms with E-state index in [0.717, 1.165) is 5.65 Å². The first kappa shape index (κ1) is 12.4. The lowest BCUT2D eigenvalue weighted by atomic mass is 10.1. The van der Waals surface area contributed by atoms with Crippen LogP contribution >= 0.6 is 0 Å². The molecule has 2 aromatic heterocycles. The van der Waals surface area contributed by atoms with E-state index in [-0.39, 0.29) is 5.97 Å². The van der Waals surface area contributed by atoms with E-state index in [0.29, 0.717) is 12.4 Å². The van der Waals surface area contributed by atoms with Gasteiger partial charge < -0.3 is 13.9 Å². The summed E-state index contributed by atoms with van der Waals surface area (Å²) in [6.07, 6.45) is 5.38. The molecule has 0 saturated heterocycles. The number of ether oxygens (including phenoxy) is 2. The zero-order chi connectivity index (χ0) is 13.2. The molecular weight excluding hydrogens is 232 g/mol. The number of fused-ring (bicyclic) bond motifs is 1. The van der Waals surface area contributed by atoms with Gasteiger partial charge in [-0.15, -0.1) is 0 Å². The summed E-state index contributed by atoms with van der Waals surface area (Å²) < 4.78 is 12.5. The number of imidazole rings is 1. The van der Waals surface area contributed by atoms with E-state index in [2.05, 4.69) is 4.98 Å². The van der Waals surface area contributed by atoms with Crippen LogP contribution < -0.4 is 4.74 Å². The van der Waals surface area contributed by atoms with E-state index < -0.39 is 5.60 Å². The van der Waals surface area contributed by atoms with Crippen molar-refractivity contribution in [3.63, 3.8) is 0 Å². The van der Waals surface area contributed by atoms with Crippen LogP contribution in [0, 0.1) is 0 Å². The van der Waals surface area contributed by atoms with Crippen LogP contribution in [0.3, 0.4) is 0 Å². The number of esters is 1. The monoisotopic (exact) mass is 248 g/mol. The first-order valence-electron chi connectivity index (χ1n) is 5.82. The van der Waals surface area contributed by atoms with Crippen molar-refractivity contribution in [1.29, 1.82) is 0 Å². The first-order valence-corrected chi connectivity index (χ1v) is 5.82. The average Bonchev–Trinajstić information content (AvgIpc) is 2.76. The number of rotatable bonds is 4. The standard InChI is InChI=1S/C13H16N2O3/c1-4-17-12(16)13(2,3)18-10-5-7-15-8-6-14-11(15)9-10/h5-9H,4H2,1-3H3. The maximum atomic E-state index is 11.7. The van der Waals surface area contributed by atoms with Crippen molar-refractivity contribution < 1.29 is 14.3 Å². The molecule has 2 heterocycles. The highest BCUT2D eigenvalue weighted by atomic mass is 16.6. The van der Waals surface area contributed by atoms with E-state index in [9.17, 15) is 4.79 Å². The highest BCUT2D eigenvalue weighted by Crippen LogP contribution is 2.20. The summed E-state index contributed by atoms with van der Waals surface area (Å²) >= 11 is 0. The lowest BCUT2D eigenvalue weighted by Crippen LogP contribution is -2.39. The molecule has 0 spiro atoms. The molecule has 0 fully saturated rings. The Balaban J connectivity index is 2.19. The molecule has 0 aliphatic rings. The van der Waals surface area contributed by atoms with Crippen LogP contribution in [0.1, 0.15) is 20.8 Å². The predicted molar refractivity (Wildman–Crippen MR) is 66.5 cm³/mol. The lowest BCUT2D eigenvalue weighted by Gasteiger charge is -2.24. The minimum atomic E-state index is -1.01. The highest BCUT2D eigenvalue weighted by Gasteiger charge is 2.31. The van der Waals surface area contributed by atoms with E-state index in [1.54, 1.807) is 39.1 Å². The van der Waals surface area contributed by atoms with Gasteiger partial charge in [-0.1, -0.05) is 0 Å². The Bertz CT molecular complexity index is 560. The summed E-state index contributed by atoms with van der Waals surface area (Å²) in [4.78, 5) is 15.9. The van der Waals surface area contributed by atoms with Gasteiger partial charge in [-0.05, 0) is 26.8 Å². The summed E-state index contributed by atoms with van der Waals surface area (Å²) in [5.41, 5.74) is -0.242. The van der Waals surface area contributed by atoms with Gasteiger partial charge in [-0.3, -0.25) is 0 Å². The van der Waals surface area contributed by atoms with E-state index in [4.69, 9.17) is 9.47 Å². The van der Waals surface area contributed by atoms with Crippen LogP contribution in [0.4, 0.5) is 0 Å². The molecule has 0 amide bonds. The highest BCUT2D eigenvalue weighted by molar-refractivity contribution is 5.79. The number of pyridine rings is 1.